The summed E-state index contributed by atoms with van der Waals surface area (Å²) in [6.45, 7) is 0.834. The highest BCUT2D eigenvalue weighted by atomic mass is 127. The maximum Gasteiger partial charge on any atom is 0.202 e. The molecule has 5 rings (SSSR count). The van der Waals surface area contributed by atoms with Gasteiger partial charge in [-0.05, 0) is 13.0 Å². The van der Waals surface area contributed by atoms with E-state index in [0.717, 1.165) is 0 Å². The summed E-state index contributed by atoms with van der Waals surface area (Å²) in [7, 11) is 1.34. The Morgan fingerprint density at radius 3 is 2.51 bits per heavy atom. The lowest BCUT2D eigenvalue weighted by atomic mass is 9.72. The molecule has 0 saturated carbocycles. The van der Waals surface area contributed by atoms with Crippen LogP contribution in [0.1, 0.15) is 68.8 Å². The molecule has 2 aromatic carbocycles. The fourth-order valence-electron chi connectivity index (χ4n) is 5.74. The number of nitrogens with two attached hydrogens (primary N) is 1. The Labute approximate surface area is 237 Å². The fraction of sp³-hybridized carbons (Fsp3) is 0.444. The Bertz CT molecular complexity index is 1380. The standard InChI is InChI=1S/C27H28INO10/c1-10-22(28)13(29)6-17(38-10)39-15-8-27(36,16(31)9-30)7-12-19(15)26(35)21-20(24(12)33)23(32)11-4-3-5-14(37-2)18(11)25(21)34/h3-5,10,13,15,17,22,30,33,35-36H,6-9,29H2,1-2H3/t10?,13?,15?,17?,22?,27-/m0/s1. The van der Waals surface area contributed by atoms with Crippen LogP contribution in [0.25, 0.3) is 0 Å². The molecule has 2 aromatic rings. The minimum Gasteiger partial charge on any atom is -0.507 e. The highest BCUT2D eigenvalue weighted by Crippen LogP contribution is 2.52. The molecule has 1 saturated heterocycles. The van der Waals surface area contributed by atoms with Gasteiger partial charge in [0.15, 0.2) is 17.9 Å². The zero-order chi connectivity index (χ0) is 28.4. The van der Waals surface area contributed by atoms with Crippen LogP contribution in [0.4, 0.5) is 0 Å². The number of methoxy groups -OCH3 is 1. The summed E-state index contributed by atoms with van der Waals surface area (Å²) in [5, 5.41) is 43.7. The van der Waals surface area contributed by atoms with Crippen molar-refractivity contribution < 1.29 is 49.0 Å². The van der Waals surface area contributed by atoms with E-state index in [1.807, 2.05) is 6.92 Å². The van der Waals surface area contributed by atoms with E-state index >= 15 is 0 Å². The predicted octanol–water partition coefficient (Wildman–Crippen LogP) is 1.44. The Morgan fingerprint density at radius 2 is 1.87 bits per heavy atom. The van der Waals surface area contributed by atoms with Gasteiger partial charge in [-0.15, -0.1) is 0 Å². The second-order valence-electron chi connectivity index (χ2n) is 10.1. The number of carbonyl (C=O) groups excluding carboxylic acids is 3. The molecular formula is C27H28INO10. The number of phenols is 2. The number of Topliss-reactive ketones (excluding diaryl/α,β-unsaturated/α-hetero) is 1. The van der Waals surface area contributed by atoms with E-state index in [1.165, 1.54) is 25.3 Å². The number of phenolic OH excluding ortho intramolecular Hbond substituents is 2. The van der Waals surface area contributed by atoms with Crippen LogP contribution in [0.15, 0.2) is 18.2 Å². The van der Waals surface area contributed by atoms with Crippen LogP contribution in [-0.2, 0) is 20.7 Å². The van der Waals surface area contributed by atoms with Crippen molar-refractivity contribution in [2.45, 2.75) is 60.3 Å². The molecule has 6 N–H and O–H groups in total. The molecule has 0 bridgehead atoms. The van der Waals surface area contributed by atoms with Gasteiger partial charge in [-0.25, -0.2) is 0 Å². The number of hydrogen-bond donors (Lipinski definition) is 5. The first-order valence-electron chi connectivity index (χ1n) is 12.4. The molecule has 0 radical (unpaired) electrons. The van der Waals surface area contributed by atoms with Crippen molar-refractivity contribution in [3.8, 4) is 17.2 Å². The van der Waals surface area contributed by atoms with Gasteiger partial charge in [0.2, 0.25) is 5.78 Å². The zero-order valence-corrected chi connectivity index (χ0v) is 23.3. The molecule has 1 aliphatic heterocycles. The van der Waals surface area contributed by atoms with Gasteiger partial charge in [0.25, 0.3) is 0 Å². The van der Waals surface area contributed by atoms with E-state index in [1.54, 1.807) is 0 Å². The number of aliphatic hydroxyl groups excluding tert-OH is 1. The zero-order valence-electron chi connectivity index (χ0n) is 21.1. The predicted molar refractivity (Wildman–Crippen MR) is 144 cm³/mol. The minimum absolute atomic E-state index is 0.00265. The summed E-state index contributed by atoms with van der Waals surface area (Å²) in [4.78, 5) is 39.8. The third-order valence-electron chi connectivity index (χ3n) is 7.74. The van der Waals surface area contributed by atoms with Crippen LogP contribution in [0, 0.1) is 0 Å². The molecule has 0 aromatic heterocycles. The lowest BCUT2D eigenvalue weighted by Gasteiger charge is -2.42. The van der Waals surface area contributed by atoms with Crippen LogP contribution < -0.4 is 10.5 Å². The second kappa shape index (κ2) is 10.1. The first-order chi connectivity index (χ1) is 18.4. The topological polar surface area (TPSA) is 186 Å². The maximum atomic E-state index is 13.7. The first kappa shape index (κ1) is 27.9. The third-order valence-corrected chi connectivity index (χ3v) is 9.68. The molecule has 6 atom stereocenters. The largest absolute Gasteiger partial charge is 0.507 e. The van der Waals surface area contributed by atoms with Crippen LogP contribution in [0.5, 0.6) is 17.2 Å². The van der Waals surface area contributed by atoms with Crippen LogP contribution in [0.3, 0.4) is 0 Å². The van der Waals surface area contributed by atoms with Gasteiger partial charge in [-0.3, -0.25) is 14.4 Å². The normalized spacial score (nSPS) is 29.8. The van der Waals surface area contributed by atoms with Crippen molar-refractivity contribution in [2.75, 3.05) is 13.7 Å². The summed E-state index contributed by atoms with van der Waals surface area (Å²) in [6.07, 6.45) is -3.14. The van der Waals surface area contributed by atoms with E-state index < -0.39 is 77.4 Å². The van der Waals surface area contributed by atoms with E-state index in [4.69, 9.17) is 19.9 Å². The Morgan fingerprint density at radius 1 is 1.18 bits per heavy atom. The number of hydrogen-bond acceptors (Lipinski definition) is 11. The number of aromatic hydroxyl groups is 2. The second-order valence-corrected chi connectivity index (χ2v) is 11.6. The third kappa shape index (κ3) is 4.33. The lowest BCUT2D eigenvalue weighted by Crippen LogP contribution is -2.51. The highest BCUT2D eigenvalue weighted by Gasteiger charge is 2.50. The molecule has 1 fully saturated rings. The maximum absolute atomic E-state index is 13.7. The molecule has 0 spiro atoms. The average Bonchev–Trinajstić information content (AvgIpc) is 2.90. The van der Waals surface area contributed by atoms with Crippen LogP contribution in [0.2, 0.25) is 0 Å². The number of ether oxygens (including phenoxy) is 3. The van der Waals surface area contributed by atoms with Gasteiger partial charge in [0.1, 0.15) is 29.5 Å². The summed E-state index contributed by atoms with van der Waals surface area (Å²) >= 11 is 2.18. The number of carbonyl (C=O) groups is 3. The van der Waals surface area contributed by atoms with Gasteiger partial charge in [-0.1, -0.05) is 34.7 Å². The van der Waals surface area contributed by atoms with Crippen molar-refractivity contribution >= 4 is 39.9 Å². The number of benzene rings is 2. The molecule has 2 aliphatic carbocycles. The molecule has 1 heterocycles. The van der Waals surface area contributed by atoms with Crippen molar-refractivity contribution in [3.05, 3.63) is 51.6 Å². The monoisotopic (exact) mass is 653 g/mol. The molecule has 208 valence electrons. The van der Waals surface area contributed by atoms with E-state index in [2.05, 4.69) is 22.6 Å². The van der Waals surface area contributed by atoms with Crippen molar-refractivity contribution in [1.29, 1.82) is 0 Å². The molecule has 5 unspecified atom stereocenters. The lowest BCUT2D eigenvalue weighted by molar-refractivity contribution is -0.222. The van der Waals surface area contributed by atoms with Gasteiger partial charge >= 0.3 is 0 Å². The van der Waals surface area contributed by atoms with E-state index in [-0.39, 0.29) is 50.5 Å². The Hall–Kier alpha value is -2.62. The minimum atomic E-state index is -2.19. The Kier molecular flexibility index (Phi) is 7.23. The number of ketones is 3. The van der Waals surface area contributed by atoms with Crippen molar-refractivity contribution in [2.24, 2.45) is 5.73 Å². The van der Waals surface area contributed by atoms with Crippen LogP contribution >= 0.6 is 22.6 Å². The van der Waals surface area contributed by atoms with Gasteiger partial charge in [0.05, 0.1) is 39.9 Å². The molecular weight excluding hydrogens is 625 g/mol. The SMILES string of the molecule is COc1cccc2c1C(=O)c1c(O)c3c(c(O)c1C2=O)C[C@@](O)(C(=O)CO)CC3OC1CC(N)C(I)C(C)O1. The summed E-state index contributed by atoms with van der Waals surface area (Å²) in [5.74, 6) is -3.57. The molecule has 3 aliphatic rings. The molecule has 12 heteroatoms. The molecule has 11 nitrogen and oxygen atoms in total. The fourth-order valence-corrected chi connectivity index (χ4v) is 6.20. The van der Waals surface area contributed by atoms with Crippen molar-refractivity contribution in [3.63, 3.8) is 0 Å². The Balaban J connectivity index is 1.69. The number of aliphatic hydroxyl groups is 2. The highest BCUT2D eigenvalue weighted by molar-refractivity contribution is 14.1. The summed E-state index contributed by atoms with van der Waals surface area (Å²) in [6, 6.07) is 4.12. The van der Waals surface area contributed by atoms with Crippen molar-refractivity contribution in [1.82, 2.24) is 0 Å². The summed E-state index contributed by atoms with van der Waals surface area (Å²) in [5.41, 5.74) is 2.89. The van der Waals surface area contributed by atoms with Gasteiger partial charge < -0.3 is 40.4 Å². The number of rotatable bonds is 5. The molecule has 39 heavy (non-hydrogen) atoms. The molecule has 0 amide bonds. The number of halogens is 1. The van der Waals surface area contributed by atoms with Gasteiger partial charge in [0, 0.05) is 42.0 Å². The van der Waals surface area contributed by atoms with E-state index in [0.29, 0.717) is 0 Å². The summed E-state index contributed by atoms with van der Waals surface area (Å²) < 4.78 is 17.4. The number of alkyl halides is 1. The van der Waals surface area contributed by atoms with E-state index in [9.17, 15) is 34.8 Å². The average molecular weight is 653 g/mol. The smallest absolute Gasteiger partial charge is 0.202 e. The first-order valence-corrected chi connectivity index (χ1v) is 13.6. The number of fused-ring (bicyclic) bond motifs is 3. The van der Waals surface area contributed by atoms with Crippen LogP contribution in [-0.4, -0.2) is 79.5 Å². The quantitative estimate of drug-likeness (QED) is 0.153. The van der Waals surface area contributed by atoms with Gasteiger partial charge in [-0.2, -0.15) is 0 Å².